The average Bonchev–Trinajstić information content (AvgIpc) is 3.32. The number of amides is 1. The van der Waals surface area contributed by atoms with E-state index in [0.29, 0.717) is 4.98 Å². The summed E-state index contributed by atoms with van der Waals surface area (Å²) in [6.07, 6.45) is -0.617. The summed E-state index contributed by atoms with van der Waals surface area (Å²) in [5.41, 5.74) is 2.05. The first-order valence-corrected chi connectivity index (χ1v) is 12.6. The van der Waals surface area contributed by atoms with Crippen LogP contribution < -0.4 is 10.3 Å². The van der Waals surface area contributed by atoms with Gasteiger partial charge in [0.1, 0.15) is 17.9 Å². The number of benzene rings is 2. The van der Waals surface area contributed by atoms with Crippen LogP contribution in [0.15, 0.2) is 36.4 Å². The van der Waals surface area contributed by atoms with Crippen LogP contribution in [0.4, 0.5) is 0 Å². The minimum atomic E-state index is -0.971. The summed E-state index contributed by atoms with van der Waals surface area (Å²) in [5.74, 6) is -1.29. The number of hydrazine groups is 2. The number of likely N-dealkylation sites (tertiary alicyclic amines) is 1. The second-order valence-corrected chi connectivity index (χ2v) is 10.6. The van der Waals surface area contributed by atoms with Crippen molar-refractivity contribution in [3.05, 3.63) is 46.9 Å². The first kappa shape index (κ1) is 29.6. The summed E-state index contributed by atoms with van der Waals surface area (Å²) >= 11 is 0. The van der Waals surface area contributed by atoms with Crippen LogP contribution in [0.3, 0.4) is 0 Å². The van der Waals surface area contributed by atoms with Gasteiger partial charge in [0.05, 0.1) is 38.6 Å². The molecular formula is C27H37N4O8+. The van der Waals surface area contributed by atoms with Crippen LogP contribution >= 0.6 is 0 Å². The van der Waals surface area contributed by atoms with E-state index in [-0.39, 0.29) is 18.9 Å². The molecule has 3 atom stereocenters. The number of fused-ring (bicyclic) bond motifs is 1. The summed E-state index contributed by atoms with van der Waals surface area (Å²) in [4.78, 5) is 57.0. The zero-order valence-electron chi connectivity index (χ0n) is 23.4. The van der Waals surface area contributed by atoms with Gasteiger partial charge in [-0.3, -0.25) is 9.59 Å². The van der Waals surface area contributed by atoms with Crippen LogP contribution in [0.25, 0.3) is 10.8 Å². The molecule has 1 N–H and O–H groups in total. The van der Waals surface area contributed by atoms with Crippen molar-refractivity contribution < 1.29 is 38.4 Å². The van der Waals surface area contributed by atoms with Gasteiger partial charge in [0.15, 0.2) is 0 Å². The Kier molecular flexibility index (Phi) is 9.33. The smallest absolute Gasteiger partial charge is 0.331 e. The zero-order valence-corrected chi connectivity index (χ0v) is 23.4. The van der Waals surface area contributed by atoms with Crippen molar-refractivity contribution in [1.82, 2.24) is 15.5 Å². The highest BCUT2D eigenvalue weighted by Crippen LogP contribution is 2.30. The quantitative estimate of drug-likeness (QED) is 0.157. The molecule has 12 nitrogen and oxygen atoms in total. The number of esters is 2. The lowest BCUT2D eigenvalue weighted by Gasteiger charge is -2.29. The first-order chi connectivity index (χ1) is 18.3. The normalized spacial score (nSPS) is 17.9. The standard InChI is InChI=1S/C27H37N4O8/c1-17(18-8-9-20-13-21(36-7)11-10-19(20)12-18)24(32)39-22-14-23(30(15-22)26(34)27(2,3)4)25(33)37-16-38-28-31(35)29(5)6/h8-13,17,22-23H,14-16H2,1-7H3,(H,28,35)/q+1. The number of methoxy groups -OCH3 is 1. The maximum Gasteiger partial charge on any atom is 0.331 e. The van der Waals surface area contributed by atoms with E-state index in [4.69, 9.17) is 19.0 Å². The summed E-state index contributed by atoms with van der Waals surface area (Å²) in [6.45, 7) is 6.47. The van der Waals surface area contributed by atoms with Gasteiger partial charge in [-0.1, -0.05) is 45.0 Å². The molecule has 1 fully saturated rings. The monoisotopic (exact) mass is 545 g/mol. The van der Waals surface area contributed by atoms with E-state index in [0.717, 1.165) is 27.1 Å². The molecule has 3 unspecified atom stereocenters. The molecule has 39 heavy (non-hydrogen) atoms. The van der Waals surface area contributed by atoms with Gasteiger partial charge in [0.2, 0.25) is 12.7 Å². The van der Waals surface area contributed by atoms with Crippen LogP contribution in [-0.4, -0.2) is 79.4 Å². The Morgan fingerprint density at radius 3 is 2.44 bits per heavy atom. The van der Waals surface area contributed by atoms with E-state index in [2.05, 4.69) is 0 Å². The second-order valence-electron chi connectivity index (χ2n) is 10.6. The highest BCUT2D eigenvalue weighted by Gasteiger charge is 2.45. The number of carbonyl (C=O) groups is 3. The van der Waals surface area contributed by atoms with Gasteiger partial charge in [-0.05, 0) is 35.4 Å². The molecule has 3 rings (SSSR count). The fraction of sp³-hybridized carbons (Fsp3) is 0.519. The van der Waals surface area contributed by atoms with Gasteiger partial charge < -0.3 is 19.1 Å². The molecule has 2 aromatic rings. The molecular weight excluding hydrogens is 508 g/mol. The fourth-order valence-corrected chi connectivity index (χ4v) is 4.15. The number of nitroso groups, excluding NO2 is 1. The van der Waals surface area contributed by atoms with Gasteiger partial charge in [-0.15, -0.1) is 5.01 Å². The number of nitrogens with zero attached hydrogens (tertiary/aromatic N) is 3. The third-order valence-corrected chi connectivity index (χ3v) is 6.41. The number of ether oxygens (including phenoxy) is 3. The van der Waals surface area contributed by atoms with Gasteiger partial charge >= 0.3 is 11.9 Å². The second kappa shape index (κ2) is 12.3. The molecule has 0 saturated carbocycles. The molecule has 2 aromatic carbocycles. The Balaban J connectivity index is 1.67. The predicted octanol–water partition coefficient (Wildman–Crippen LogP) is 2.70. The van der Waals surface area contributed by atoms with Crippen LogP contribution in [0, 0.1) is 10.3 Å². The molecule has 0 spiro atoms. The van der Waals surface area contributed by atoms with E-state index >= 15 is 0 Å². The van der Waals surface area contributed by atoms with Crippen LogP contribution in [0.5, 0.6) is 5.75 Å². The van der Waals surface area contributed by atoms with Crippen LogP contribution in [0.1, 0.15) is 45.6 Å². The van der Waals surface area contributed by atoms with Crippen molar-refractivity contribution in [1.29, 1.82) is 0 Å². The van der Waals surface area contributed by atoms with Crippen molar-refractivity contribution in [2.24, 2.45) is 5.41 Å². The summed E-state index contributed by atoms with van der Waals surface area (Å²) < 4.78 is 16.2. The number of hydrogen-bond acceptors (Lipinski definition) is 8. The molecule has 1 aliphatic rings. The molecule has 0 bridgehead atoms. The van der Waals surface area contributed by atoms with Crippen LogP contribution in [-0.2, 0) is 28.7 Å². The number of hydrogen-bond donors (Lipinski definition) is 1. The molecule has 0 aromatic heterocycles. The predicted molar refractivity (Wildman–Crippen MR) is 141 cm³/mol. The Morgan fingerprint density at radius 1 is 1.13 bits per heavy atom. The minimum Gasteiger partial charge on any atom is -0.497 e. The van der Waals surface area contributed by atoms with Crippen molar-refractivity contribution in [2.45, 2.75) is 52.2 Å². The SMILES string of the molecule is COc1ccc2cc(C(C)C(=O)OC3CC(C(=O)OCON[N+](=O)N(C)C)N(C(=O)C(C)(C)C)C3)ccc2c1. The topological polar surface area (TPSA) is 127 Å². The lowest BCUT2D eigenvalue weighted by molar-refractivity contribution is -0.781. The first-order valence-electron chi connectivity index (χ1n) is 12.6. The molecule has 0 aliphatic carbocycles. The molecule has 1 aliphatic heterocycles. The summed E-state index contributed by atoms with van der Waals surface area (Å²) in [6, 6.07) is 10.4. The molecule has 1 saturated heterocycles. The number of rotatable bonds is 10. The van der Waals surface area contributed by atoms with E-state index < -0.39 is 42.2 Å². The highest BCUT2D eigenvalue weighted by atomic mass is 16.8. The van der Waals surface area contributed by atoms with Crippen molar-refractivity contribution >= 4 is 28.6 Å². The minimum absolute atomic E-state index is 0.0555. The van der Waals surface area contributed by atoms with Gasteiger partial charge in [-0.2, -0.15) is 4.84 Å². The van der Waals surface area contributed by atoms with E-state index in [1.165, 1.54) is 19.0 Å². The van der Waals surface area contributed by atoms with Crippen molar-refractivity contribution in [3.8, 4) is 5.75 Å². The Morgan fingerprint density at radius 2 is 1.79 bits per heavy atom. The Labute approximate surface area is 227 Å². The average molecular weight is 546 g/mol. The van der Waals surface area contributed by atoms with Crippen molar-refractivity contribution in [2.75, 3.05) is 34.5 Å². The lowest BCUT2D eigenvalue weighted by Crippen LogP contribution is -2.46. The molecule has 1 amide bonds. The van der Waals surface area contributed by atoms with Crippen LogP contribution in [0.2, 0.25) is 0 Å². The van der Waals surface area contributed by atoms with E-state index in [9.17, 15) is 19.3 Å². The molecule has 212 valence electrons. The third-order valence-electron chi connectivity index (χ3n) is 6.41. The maximum atomic E-state index is 13.1. The summed E-state index contributed by atoms with van der Waals surface area (Å²) in [5, 5.41) is 3.11. The van der Waals surface area contributed by atoms with Crippen molar-refractivity contribution in [3.63, 3.8) is 0 Å². The molecule has 12 heteroatoms. The largest absolute Gasteiger partial charge is 0.497 e. The zero-order chi connectivity index (χ0) is 28.9. The molecule has 0 radical (unpaired) electrons. The van der Waals surface area contributed by atoms with Gasteiger partial charge in [-0.25, -0.2) is 4.79 Å². The highest BCUT2D eigenvalue weighted by molar-refractivity contribution is 5.89. The Bertz CT molecular complexity index is 1230. The van der Waals surface area contributed by atoms with E-state index in [1.807, 2.05) is 42.0 Å². The lowest BCUT2D eigenvalue weighted by atomic mass is 9.94. The summed E-state index contributed by atoms with van der Waals surface area (Å²) in [7, 11) is 4.59. The Hall–Kier alpha value is -3.93. The maximum absolute atomic E-state index is 13.1. The fourth-order valence-electron chi connectivity index (χ4n) is 4.15. The number of nitrogens with one attached hydrogen (secondary N) is 1. The van der Waals surface area contributed by atoms with Gasteiger partial charge in [0.25, 0.3) is 4.98 Å². The third kappa shape index (κ3) is 7.34. The van der Waals surface area contributed by atoms with E-state index in [1.54, 1.807) is 34.8 Å². The molecule has 1 heterocycles. The number of carbonyl (C=O) groups excluding carboxylic acids is 3. The van der Waals surface area contributed by atoms with Gasteiger partial charge in [0, 0.05) is 17.4 Å².